The molecule has 19 heavy (non-hydrogen) atoms. The van der Waals surface area contributed by atoms with E-state index in [0.29, 0.717) is 23.4 Å². The van der Waals surface area contributed by atoms with E-state index in [1.54, 1.807) is 12.4 Å². The number of hydrogen-bond acceptors (Lipinski definition) is 3. The molecule has 2 saturated heterocycles. The summed E-state index contributed by atoms with van der Waals surface area (Å²) in [5, 5.41) is 3.44. The summed E-state index contributed by atoms with van der Waals surface area (Å²) in [6.07, 6.45) is 4.39. The highest BCUT2D eigenvalue weighted by Gasteiger charge is 2.45. The maximum absolute atomic E-state index is 12.6. The average Bonchev–Trinajstić information content (AvgIpc) is 2.97. The molecule has 0 spiro atoms. The summed E-state index contributed by atoms with van der Waals surface area (Å²) in [5.41, 5.74) is 0.681. The molecule has 1 amide bonds. The highest BCUT2D eigenvalue weighted by atomic mass is 79.9. The number of carbonyl (C=O) groups is 1. The Hall–Kier alpha value is -0.940. The first-order chi connectivity index (χ1) is 9.20. The van der Waals surface area contributed by atoms with Crippen molar-refractivity contribution in [1.29, 1.82) is 0 Å². The Morgan fingerprint density at radius 2 is 2.37 bits per heavy atom. The van der Waals surface area contributed by atoms with Crippen LogP contribution in [0.3, 0.4) is 0 Å². The van der Waals surface area contributed by atoms with Crippen molar-refractivity contribution in [3.63, 3.8) is 0 Å². The topological polar surface area (TPSA) is 45.2 Å². The fourth-order valence-corrected chi connectivity index (χ4v) is 3.84. The van der Waals surface area contributed by atoms with Crippen molar-refractivity contribution in [1.82, 2.24) is 15.2 Å². The largest absolute Gasteiger partial charge is 0.335 e. The second-order valence-electron chi connectivity index (χ2n) is 5.41. The van der Waals surface area contributed by atoms with Crippen LogP contribution in [0.1, 0.15) is 23.7 Å². The van der Waals surface area contributed by atoms with Crippen LogP contribution in [-0.2, 0) is 0 Å². The Balaban J connectivity index is 1.84. The van der Waals surface area contributed by atoms with Crippen LogP contribution in [0.2, 0.25) is 0 Å². The van der Waals surface area contributed by atoms with Crippen LogP contribution in [0.15, 0.2) is 22.9 Å². The zero-order chi connectivity index (χ0) is 13.4. The van der Waals surface area contributed by atoms with Crippen LogP contribution in [0.5, 0.6) is 0 Å². The van der Waals surface area contributed by atoms with E-state index in [0.717, 1.165) is 30.5 Å². The summed E-state index contributed by atoms with van der Waals surface area (Å²) in [7, 11) is 0. The first kappa shape index (κ1) is 13.1. The number of nitrogens with zero attached hydrogens (tertiary/aromatic N) is 2. The predicted molar refractivity (Wildman–Crippen MR) is 76.9 cm³/mol. The third kappa shape index (κ3) is 2.30. The molecule has 3 unspecified atom stereocenters. The van der Waals surface area contributed by atoms with Crippen molar-refractivity contribution in [2.24, 2.45) is 11.8 Å². The van der Waals surface area contributed by atoms with E-state index in [4.69, 9.17) is 0 Å². The normalized spacial score (nSPS) is 29.6. The number of pyridine rings is 1. The Morgan fingerprint density at radius 1 is 1.53 bits per heavy atom. The van der Waals surface area contributed by atoms with E-state index in [-0.39, 0.29) is 5.91 Å². The van der Waals surface area contributed by atoms with Crippen LogP contribution < -0.4 is 5.32 Å². The first-order valence-electron chi connectivity index (χ1n) is 6.83. The van der Waals surface area contributed by atoms with E-state index < -0.39 is 0 Å². The summed E-state index contributed by atoms with van der Waals surface area (Å²) >= 11 is 3.38. The fraction of sp³-hybridized carbons (Fsp3) is 0.571. The van der Waals surface area contributed by atoms with Gasteiger partial charge in [0.25, 0.3) is 5.91 Å². The predicted octanol–water partition coefficient (Wildman–Crippen LogP) is 1.91. The Bertz CT molecular complexity index is 493. The van der Waals surface area contributed by atoms with Gasteiger partial charge >= 0.3 is 0 Å². The number of hydrogen-bond donors (Lipinski definition) is 1. The van der Waals surface area contributed by atoms with Gasteiger partial charge in [0.1, 0.15) is 0 Å². The minimum Gasteiger partial charge on any atom is -0.335 e. The third-order valence-electron chi connectivity index (χ3n) is 4.35. The molecule has 3 heterocycles. The molecule has 0 aliphatic carbocycles. The van der Waals surface area contributed by atoms with Gasteiger partial charge in [-0.2, -0.15) is 0 Å². The molecule has 3 rings (SSSR count). The number of carbonyl (C=O) groups excluding carboxylic acids is 1. The lowest BCUT2D eigenvalue weighted by Crippen LogP contribution is -2.39. The van der Waals surface area contributed by atoms with Crippen LogP contribution in [0.25, 0.3) is 0 Å². The minimum absolute atomic E-state index is 0.120. The summed E-state index contributed by atoms with van der Waals surface area (Å²) in [5.74, 6) is 1.36. The molecule has 2 fully saturated rings. The Kier molecular flexibility index (Phi) is 3.58. The second kappa shape index (κ2) is 5.21. The standard InChI is InChI=1S/C14H18BrN3O/c1-2-13-12-7-17-5-10(12)8-18(13)14(19)9-3-11(15)6-16-4-9/h3-4,6,10,12-13,17H,2,5,7-8H2,1H3. The van der Waals surface area contributed by atoms with Crippen LogP contribution in [0, 0.1) is 11.8 Å². The van der Waals surface area contributed by atoms with Gasteiger partial charge in [0.05, 0.1) is 5.56 Å². The highest BCUT2D eigenvalue weighted by molar-refractivity contribution is 9.10. The number of halogens is 1. The van der Waals surface area contributed by atoms with Gasteiger partial charge in [-0.15, -0.1) is 0 Å². The Morgan fingerprint density at radius 3 is 3.11 bits per heavy atom. The number of aromatic nitrogens is 1. The molecule has 5 heteroatoms. The van der Waals surface area contributed by atoms with Crippen molar-refractivity contribution >= 4 is 21.8 Å². The molecule has 3 atom stereocenters. The van der Waals surface area contributed by atoms with Gasteiger partial charge in [-0.05, 0) is 40.3 Å². The van der Waals surface area contributed by atoms with Crippen LogP contribution >= 0.6 is 15.9 Å². The van der Waals surface area contributed by atoms with Gasteiger partial charge in [0.15, 0.2) is 0 Å². The van der Waals surface area contributed by atoms with Gasteiger partial charge in [0.2, 0.25) is 0 Å². The lowest BCUT2D eigenvalue weighted by atomic mass is 9.93. The van der Waals surface area contributed by atoms with E-state index in [1.807, 2.05) is 6.07 Å². The summed E-state index contributed by atoms with van der Waals surface area (Å²) in [4.78, 5) is 18.8. The van der Waals surface area contributed by atoms with Gasteiger partial charge in [-0.1, -0.05) is 6.92 Å². The molecule has 0 radical (unpaired) electrons. The molecule has 1 aromatic rings. The minimum atomic E-state index is 0.120. The van der Waals surface area contributed by atoms with E-state index in [2.05, 4.69) is 38.1 Å². The van der Waals surface area contributed by atoms with Crippen LogP contribution in [-0.4, -0.2) is 41.5 Å². The highest BCUT2D eigenvalue weighted by Crippen LogP contribution is 2.35. The molecule has 2 aliphatic heterocycles. The molecule has 4 nitrogen and oxygen atoms in total. The lowest BCUT2D eigenvalue weighted by molar-refractivity contribution is 0.0711. The van der Waals surface area contributed by atoms with Gasteiger partial charge < -0.3 is 10.2 Å². The van der Waals surface area contributed by atoms with Crippen molar-refractivity contribution in [3.05, 3.63) is 28.5 Å². The molecule has 1 aromatic heterocycles. The number of likely N-dealkylation sites (tertiary alicyclic amines) is 1. The Labute approximate surface area is 121 Å². The summed E-state index contributed by atoms with van der Waals surface area (Å²) < 4.78 is 0.854. The summed E-state index contributed by atoms with van der Waals surface area (Å²) in [6.45, 7) is 5.14. The fourth-order valence-electron chi connectivity index (χ4n) is 3.47. The zero-order valence-electron chi connectivity index (χ0n) is 11.0. The molecule has 1 N–H and O–H groups in total. The zero-order valence-corrected chi connectivity index (χ0v) is 12.6. The third-order valence-corrected chi connectivity index (χ3v) is 4.78. The molecule has 2 aliphatic rings. The van der Waals surface area contributed by atoms with Crippen molar-refractivity contribution < 1.29 is 4.79 Å². The molecule has 102 valence electrons. The maximum atomic E-state index is 12.6. The number of rotatable bonds is 2. The SMILES string of the molecule is CCC1C2CNCC2CN1C(=O)c1cncc(Br)c1. The maximum Gasteiger partial charge on any atom is 0.255 e. The number of amides is 1. The molecular formula is C14H18BrN3O. The van der Waals surface area contributed by atoms with E-state index >= 15 is 0 Å². The second-order valence-corrected chi connectivity index (χ2v) is 6.32. The molecular weight excluding hydrogens is 306 g/mol. The monoisotopic (exact) mass is 323 g/mol. The van der Waals surface area contributed by atoms with Gasteiger partial charge in [-0.25, -0.2) is 0 Å². The average molecular weight is 324 g/mol. The van der Waals surface area contributed by atoms with Crippen molar-refractivity contribution in [2.45, 2.75) is 19.4 Å². The molecule has 0 saturated carbocycles. The van der Waals surface area contributed by atoms with Crippen molar-refractivity contribution in [2.75, 3.05) is 19.6 Å². The number of fused-ring (bicyclic) bond motifs is 1. The van der Waals surface area contributed by atoms with Gasteiger partial charge in [0, 0.05) is 42.5 Å². The summed E-state index contributed by atoms with van der Waals surface area (Å²) in [6, 6.07) is 2.22. The van der Waals surface area contributed by atoms with E-state index in [1.165, 1.54) is 0 Å². The van der Waals surface area contributed by atoms with E-state index in [9.17, 15) is 4.79 Å². The van der Waals surface area contributed by atoms with Crippen molar-refractivity contribution in [3.8, 4) is 0 Å². The first-order valence-corrected chi connectivity index (χ1v) is 7.62. The quantitative estimate of drug-likeness (QED) is 0.904. The molecule has 0 bridgehead atoms. The van der Waals surface area contributed by atoms with Gasteiger partial charge in [-0.3, -0.25) is 9.78 Å². The number of nitrogens with one attached hydrogen (secondary N) is 1. The lowest BCUT2D eigenvalue weighted by Gasteiger charge is -2.27. The smallest absolute Gasteiger partial charge is 0.255 e. The molecule has 0 aromatic carbocycles. The van der Waals surface area contributed by atoms with Crippen LogP contribution in [0.4, 0.5) is 0 Å².